The molecule has 0 bridgehead atoms. The molecule has 8 heteroatoms. The van der Waals surface area contributed by atoms with Gasteiger partial charge in [0.05, 0.1) is 5.56 Å². The number of Topliss-reactive ketones (excluding diaryl/α,β-unsaturated/α-hetero) is 1. The first kappa shape index (κ1) is 16.2. The Morgan fingerprint density at radius 2 is 1.92 bits per heavy atom. The number of aliphatic carboxylic acids is 1. The number of fused-ring (bicyclic) bond motifs is 1. The van der Waals surface area contributed by atoms with Crippen molar-refractivity contribution in [1.82, 2.24) is 10.2 Å². The van der Waals surface area contributed by atoms with Crippen LogP contribution < -0.4 is 15.6 Å². The van der Waals surface area contributed by atoms with E-state index in [1.165, 1.54) is 0 Å². The Bertz CT molecular complexity index is 967. The number of H-pyrrole nitrogens is 2. The molecule has 8 nitrogen and oxygen atoms in total. The maximum absolute atomic E-state index is 12.6. The summed E-state index contributed by atoms with van der Waals surface area (Å²) in [6.07, 6.45) is 2.00. The standard InChI is InChI=1S/C18H17N3O5/c22-12-3-1-2-11-15(12)14(16-17(19-11)20-21-18(16)25)9-4-6-10(7-5-9)26-8-13(23)24/h4-7,14H,1-3,8H2,(H,23,24)(H3,19,20,21,25)/t14-/m1/s1. The van der Waals surface area contributed by atoms with Crippen molar-refractivity contribution in [2.24, 2.45) is 0 Å². The number of carbonyl (C=O) groups is 2. The van der Waals surface area contributed by atoms with Crippen LogP contribution in [-0.4, -0.2) is 33.7 Å². The molecule has 4 rings (SSSR count). The molecule has 2 heterocycles. The van der Waals surface area contributed by atoms with Crippen molar-refractivity contribution in [2.45, 2.75) is 25.2 Å². The van der Waals surface area contributed by atoms with Gasteiger partial charge < -0.3 is 15.2 Å². The number of ketones is 1. The summed E-state index contributed by atoms with van der Waals surface area (Å²) in [6, 6.07) is 6.81. The van der Waals surface area contributed by atoms with Gasteiger partial charge in [0.15, 0.2) is 12.4 Å². The molecule has 1 atom stereocenters. The summed E-state index contributed by atoms with van der Waals surface area (Å²) in [5, 5.41) is 17.3. The Morgan fingerprint density at radius 3 is 2.65 bits per heavy atom. The van der Waals surface area contributed by atoms with Crippen LogP contribution in [0.2, 0.25) is 0 Å². The van der Waals surface area contributed by atoms with E-state index in [1.807, 2.05) is 0 Å². The monoisotopic (exact) mass is 355 g/mol. The lowest BCUT2D eigenvalue weighted by molar-refractivity contribution is -0.139. The predicted octanol–water partition coefficient (Wildman–Crippen LogP) is 1.73. The van der Waals surface area contributed by atoms with Crippen molar-refractivity contribution >= 4 is 17.6 Å². The van der Waals surface area contributed by atoms with Crippen LogP contribution in [0.4, 0.5) is 5.82 Å². The van der Waals surface area contributed by atoms with Crippen LogP contribution in [0.3, 0.4) is 0 Å². The molecule has 2 aliphatic rings. The Hall–Kier alpha value is -3.29. The molecule has 1 aromatic heterocycles. The van der Waals surface area contributed by atoms with Crippen LogP contribution in [0, 0.1) is 0 Å². The van der Waals surface area contributed by atoms with E-state index in [9.17, 15) is 14.4 Å². The number of aromatic amines is 2. The average molecular weight is 355 g/mol. The van der Waals surface area contributed by atoms with Crippen molar-refractivity contribution in [3.05, 3.63) is 57.0 Å². The van der Waals surface area contributed by atoms with Gasteiger partial charge in [-0.05, 0) is 30.5 Å². The van der Waals surface area contributed by atoms with Crippen LogP contribution in [0.5, 0.6) is 5.75 Å². The highest BCUT2D eigenvalue weighted by atomic mass is 16.5. The number of nitrogens with one attached hydrogen (secondary N) is 3. The molecular formula is C18H17N3O5. The number of rotatable bonds is 4. The van der Waals surface area contributed by atoms with E-state index in [2.05, 4.69) is 15.5 Å². The summed E-state index contributed by atoms with van der Waals surface area (Å²) in [4.78, 5) is 35.5. The summed E-state index contributed by atoms with van der Waals surface area (Å²) >= 11 is 0. The molecule has 0 unspecified atom stereocenters. The Balaban J connectivity index is 1.76. The third-order valence-electron chi connectivity index (χ3n) is 4.70. The lowest BCUT2D eigenvalue weighted by Gasteiger charge is -2.31. The molecular weight excluding hydrogens is 338 g/mol. The fourth-order valence-corrected chi connectivity index (χ4v) is 3.60. The van der Waals surface area contributed by atoms with E-state index >= 15 is 0 Å². The maximum Gasteiger partial charge on any atom is 0.341 e. The SMILES string of the molecule is O=C(O)COc1ccc([C@@H]2C3=C(CCCC3=O)Nc3[nH][nH]c(=O)c32)cc1. The number of allylic oxidation sites excluding steroid dienone is 2. The van der Waals surface area contributed by atoms with E-state index in [0.29, 0.717) is 29.1 Å². The molecule has 1 aliphatic heterocycles. The van der Waals surface area contributed by atoms with Crippen molar-refractivity contribution in [3.8, 4) is 5.75 Å². The van der Waals surface area contributed by atoms with Crippen LogP contribution in [0.15, 0.2) is 40.3 Å². The number of benzene rings is 1. The van der Waals surface area contributed by atoms with E-state index < -0.39 is 18.5 Å². The summed E-state index contributed by atoms with van der Waals surface area (Å²) in [7, 11) is 0. The number of anilines is 1. The molecule has 134 valence electrons. The summed E-state index contributed by atoms with van der Waals surface area (Å²) < 4.78 is 5.15. The van der Waals surface area contributed by atoms with E-state index in [-0.39, 0.29) is 11.3 Å². The minimum atomic E-state index is -1.06. The third kappa shape index (κ3) is 2.69. The lowest BCUT2D eigenvalue weighted by atomic mass is 9.77. The zero-order chi connectivity index (χ0) is 18.3. The second-order valence-corrected chi connectivity index (χ2v) is 6.35. The fraction of sp³-hybridized carbons (Fsp3) is 0.278. The topological polar surface area (TPSA) is 124 Å². The first-order valence-electron chi connectivity index (χ1n) is 8.33. The van der Waals surface area contributed by atoms with Gasteiger partial charge in [-0.1, -0.05) is 12.1 Å². The summed E-state index contributed by atoms with van der Waals surface area (Å²) in [5.41, 5.74) is 2.48. The van der Waals surface area contributed by atoms with Crippen molar-refractivity contribution in [1.29, 1.82) is 0 Å². The molecule has 1 aliphatic carbocycles. The van der Waals surface area contributed by atoms with Gasteiger partial charge in [0.2, 0.25) is 0 Å². The second kappa shape index (κ2) is 6.21. The molecule has 0 radical (unpaired) electrons. The summed E-state index contributed by atoms with van der Waals surface area (Å²) in [5.74, 6) is -0.477. The zero-order valence-corrected chi connectivity index (χ0v) is 13.8. The first-order valence-corrected chi connectivity index (χ1v) is 8.33. The zero-order valence-electron chi connectivity index (χ0n) is 13.8. The quantitative estimate of drug-likeness (QED) is 0.662. The fourth-order valence-electron chi connectivity index (χ4n) is 3.60. The molecule has 1 aromatic carbocycles. The number of hydrogen-bond acceptors (Lipinski definition) is 5. The normalized spacial score (nSPS) is 18.8. The molecule has 0 saturated carbocycles. The van der Waals surface area contributed by atoms with Gasteiger partial charge in [0, 0.05) is 23.6 Å². The van der Waals surface area contributed by atoms with E-state index in [0.717, 1.165) is 24.1 Å². The largest absolute Gasteiger partial charge is 0.482 e. The Labute approximate surface area is 147 Å². The van der Waals surface area contributed by atoms with Gasteiger partial charge >= 0.3 is 5.97 Å². The van der Waals surface area contributed by atoms with Crippen LogP contribution in [0.25, 0.3) is 0 Å². The number of carbonyl (C=O) groups excluding carboxylic acids is 1. The maximum atomic E-state index is 12.6. The van der Waals surface area contributed by atoms with Crippen molar-refractivity contribution < 1.29 is 19.4 Å². The van der Waals surface area contributed by atoms with Crippen LogP contribution in [-0.2, 0) is 9.59 Å². The molecule has 2 aromatic rings. The van der Waals surface area contributed by atoms with Gasteiger partial charge in [-0.15, -0.1) is 0 Å². The molecule has 4 N–H and O–H groups in total. The minimum Gasteiger partial charge on any atom is -0.482 e. The van der Waals surface area contributed by atoms with Crippen molar-refractivity contribution in [2.75, 3.05) is 11.9 Å². The Kier molecular flexibility index (Phi) is 3.87. The molecule has 0 saturated heterocycles. The highest BCUT2D eigenvalue weighted by molar-refractivity contribution is 6.00. The van der Waals surface area contributed by atoms with E-state index in [1.54, 1.807) is 24.3 Å². The van der Waals surface area contributed by atoms with Gasteiger partial charge in [0.25, 0.3) is 5.56 Å². The first-order chi connectivity index (χ1) is 12.5. The highest BCUT2D eigenvalue weighted by Crippen LogP contribution is 2.43. The van der Waals surface area contributed by atoms with Gasteiger partial charge in [0.1, 0.15) is 11.6 Å². The number of ether oxygens (including phenoxy) is 1. The number of carboxylic acid groups (broad SMARTS) is 1. The number of hydrogen-bond donors (Lipinski definition) is 4. The second-order valence-electron chi connectivity index (χ2n) is 6.35. The van der Waals surface area contributed by atoms with Gasteiger partial charge in [-0.3, -0.25) is 19.8 Å². The number of aromatic nitrogens is 2. The molecule has 0 amide bonds. The lowest BCUT2D eigenvalue weighted by Crippen LogP contribution is -2.29. The summed E-state index contributed by atoms with van der Waals surface area (Å²) in [6.45, 7) is -0.428. The van der Waals surface area contributed by atoms with Crippen molar-refractivity contribution in [3.63, 3.8) is 0 Å². The predicted molar refractivity (Wildman–Crippen MR) is 92.3 cm³/mol. The van der Waals surface area contributed by atoms with Gasteiger partial charge in [-0.2, -0.15) is 0 Å². The Morgan fingerprint density at radius 1 is 1.15 bits per heavy atom. The minimum absolute atomic E-state index is 0.0428. The molecule has 0 spiro atoms. The molecule has 0 fully saturated rings. The smallest absolute Gasteiger partial charge is 0.341 e. The highest BCUT2D eigenvalue weighted by Gasteiger charge is 2.37. The van der Waals surface area contributed by atoms with Gasteiger partial charge in [-0.25, -0.2) is 4.79 Å². The van der Waals surface area contributed by atoms with Crippen LogP contribution >= 0.6 is 0 Å². The van der Waals surface area contributed by atoms with E-state index in [4.69, 9.17) is 9.84 Å². The molecule has 26 heavy (non-hydrogen) atoms. The third-order valence-corrected chi connectivity index (χ3v) is 4.70. The van der Waals surface area contributed by atoms with Crippen LogP contribution in [0.1, 0.15) is 36.3 Å². The average Bonchev–Trinajstić information content (AvgIpc) is 3.00. The number of carboxylic acids is 1.